The summed E-state index contributed by atoms with van der Waals surface area (Å²) in [5.41, 5.74) is 33.7. The Balaban J connectivity index is 0.000000129. The van der Waals surface area contributed by atoms with Gasteiger partial charge < -0.3 is 0 Å². The summed E-state index contributed by atoms with van der Waals surface area (Å²) < 4.78 is 6.99. The third-order valence-electron chi connectivity index (χ3n) is 21.4. The van der Waals surface area contributed by atoms with Crippen LogP contribution in [0.2, 0.25) is 0 Å². The summed E-state index contributed by atoms with van der Waals surface area (Å²) in [4.78, 5) is 12.3. The number of fused-ring (bicyclic) bond motifs is 30. The minimum atomic E-state index is -0.500. The maximum absolute atomic E-state index is 10.00. The lowest BCUT2D eigenvalue weighted by molar-refractivity contribution is 0.793. The zero-order valence-corrected chi connectivity index (χ0v) is 54.0. The number of nitrogens with zero attached hydrogens (tertiary/aromatic N) is 6. The van der Waals surface area contributed by atoms with E-state index in [0.29, 0.717) is 11.1 Å². The summed E-state index contributed by atoms with van der Waals surface area (Å²) in [7, 11) is 0. The number of rotatable bonds is 4. The van der Waals surface area contributed by atoms with E-state index in [1.165, 1.54) is 147 Å². The molecule has 0 unspecified atom stereocenters. The van der Waals surface area contributed by atoms with Gasteiger partial charge in [0, 0.05) is 32.6 Å². The van der Waals surface area contributed by atoms with Crippen LogP contribution in [-0.4, -0.2) is 18.8 Å². The van der Waals surface area contributed by atoms with Gasteiger partial charge in [0.15, 0.2) is 0 Å². The fraction of sp³-hybridized carbons (Fsp3) is 0.0222. The van der Waals surface area contributed by atoms with Crippen LogP contribution < -0.4 is 0 Å². The molecular formula is C90H50N6S2. The van der Waals surface area contributed by atoms with Crippen LogP contribution >= 0.6 is 22.7 Å². The van der Waals surface area contributed by atoms with Crippen molar-refractivity contribution in [2.45, 2.75) is 10.8 Å². The van der Waals surface area contributed by atoms with Crippen molar-refractivity contribution < 1.29 is 0 Å². The molecule has 98 heavy (non-hydrogen) atoms. The van der Waals surface area contributed by atoms with Gasteiger partial charge in [-0.25, -0.2) is 9.97 Å². The van der Waals surface area contributed by atoms with Crippen molar-refractivity contribution in [3.05, 3.63) is 359 Å². The van der Waals surface area contributed by atoms with E-state index in [4.69, 9.17) is 9.97 Å². The second-order valence-corrected chi connectivity index (χ2v) is 28.2. The Morgan fingerprint density at radius 2 is 0.602 bits per heavy atom. The van der Waals surface area contributed by atoms with Gasteiger partial charge in [0.2, 0.25) is 0 Å². The predicted octanol–water partition coefficient (Wildman–Crippen LogP) is 22.5. The van der Waals surface area contributed by atoms with E-state index in [1.807, 2.05) is 12.1 Å². The van der Waals surface area contributed by atoms with E-state index in [0.717, 1.165) is 39.0 Å². The molecule has 6 aromatic heterocycles. The van der Waals surface area contributed by atoms with E-state index in [9.17, 15) is 10.5 Å². The molecule has 18 aromatic rings. The molecule has 6 nitrogen and oxygen atoms in total. The molecule has 0 fully saturated rings. The van der Waals surface area contributed by atoms with Gasteiger partial charge in [-0.1, -0.05) is 212 Å². The molecule has 0 atom stereocenters. The Morgan fingerprint density at radius 3 is 1.05 bits per heavy atom. The minimum Gasteiger partial charge on any atom is -0.290 e. The maximum atomic E-state index is 10.00. The molecule has 6 heterocycles. The van der Waals surface area contributed by atoms with Crippen molar-refractivity contribution in [1.82, 2.24) is 18.8 Å². The first-order valence-corrected chi connectivity index (χ1v) is 34.7. The third-order valence-corrected chi connectivity index (χ3v) is 23.7. The van der Waals surface area contributed by atoms with Crippen LogP contribution in [0, 0.1) is 22.7 Å². The summed E-state index contributed by atoms with van der Waals surface area (Å²) in [5.74, 6) is 0. The van der Waals surface area contributed by atoms with E-state index in [-0.39, 0.29) is 0 Å². The second-order valence-electron chi connectivity index (χ2n) is 26.1. The summed E-state index contributed by atoms with van der Waals surface area (Å²) in [6, 6.07) is 110. The lowest BCUT2D eigenvalue weighted by atomic mass is 9.70. The molecule has 4 aliphatic rings. The lowest BCUT2D eigenvalue weighted by Gasteiger charge is -2.30. The number of nitriles is 2. The number of hydrogen-bond donors (Lipinski definition) is 0. The quantitative estimate of drug-likeness (QED) is 0.176. The van der Waals surface area contributed by atoms with Crippen LogP contribution in [0.25, 0.3) is 141 Å². The fourth-order valence-electron chi connectivity index (χ4n) is 17.2. The van der Waals surface area contributed by atoms with Gasteiger partial charge in [0.05, 0.1) is 34.1 Å². The van der Waals surface area contributed by atoms with Gasteiger partial charge in [0.1, 0.15) is 32.0 Å². The first-order chi connectivity index (χ1) is 48.4. The average Bonchev–Trinajstić information content (AvgIpc) is 1.47. The highest BCUT2D eigenvalue weighted by Crippen LogP contribution is 2.65. The molecule has 0 radical (unpaired) electrons. The Morgan fingerprint density at radius 1 is 0.276 bits per heavy atom. The number of thiophene rings is 2. The van der Waals surface area contributed by atoms with E-state index < -0.39 is 10.8 Å². The molecule has 452 valence electrons. The van der Waals surface area contributed by atoms with Crippen molar-refractivity contribution in [3.63, 3.8) is 0 Å². The maximum Gasteiger partial charge on any atom is 0.138 e. The van der Waals surface area contributed by atoms with E-state index in [2.05, 4.69) is 312 Å². The van der Waals surface area contributed by atoms with Crippen molar-refractivity contribution in [1.29, 1.82) is 10.5 Å². The largest absolute Gasteiger partial charge is 0.290 e. The second kappa shape index (κ2) is 20.5. The Hall–Kier alpha value is -12.6. The SMILES string of the molecule is N#Cc1ccc2c(c1)C1(c3ccccc3-c3ccccc31)c1cc(-c3ccc(-c4ccc5nc6c7ccccc7sc6n5c4)cc3)ccc1-2.N#Cc1ccc2c(c1)C1(c3ccccc3-c3ccccc31)c1cc(-c3cccc(-c4ccc5nc6c7ccccc7sc6n5c4)c3)ccc1-2. The van der Waals surface area contributed by atoms with Crippen LogP contribution in [0.4, 0.5) is 0 Å². The fourth-order valence-corrected chi connectivity index (χ4v) is 19.4. The lowest BCUT2D eigenvalue weighted by Crippen LogP contribution is -2.26. The number of aromatic nitrogens is 4. The molecule has 0 saturated carbocycles. The first-order valence-electron chi connectivity index (χ1n) is 33.0. The van der Waals surface area contributed by atoms with Gasteiger partial charge in [-0.3, -0.25) is 8.80 Å². The number of imidazole rings is 2. The monoisotopic (exact) mass is 1280 g/mol. The Bertz CT molecular complexity index is 6530. The zero-order chi connectivity index (χ0) is 64.5. The molecule has 0 N–H and O–H groups in total. The highest BCUT2D eigenvalue weighted by Gasteiger charge is 2.53. The standard InChI is InChI=1S/2C45H25N3S/c46-25-27-16-19-34-35-20-17-30(24-40(35)45(39(34)22-27)37-13-4-1-10-32(37)33-11-2-5-14-38(33)45)28-8-7-9-29(23-28)31-18-21-42-47-43-36-12-3-6-15-41(36)49-44(43)48(42)26-31;46-25-27-13-20-34-35-21-18-30(24-40(35)45(39(34)23-27)37-10-4-1-7-32(37)33-8-2-5-11-38(33)45)28-14-16-29(17-15-28)31-19-22-42-47-43-36-9-3-6-12-41(36)49-44(43)48(42)26-31/h2*1-24,26H. The highest BCUT2D eigenvalue weighted by atomic mass is 32.1. The number of benzene rings is 12. The summed E-state index contributed by atoms with van der Waals surface area (Å²) in [6.07, 6.45) is 4.45. The molecule has 8 heteroatoms. The number of pyridine rings is 2. The summed E-state index contributed by atoms with van der Waals surface area (Å²) in [5, 5.41) is 22.4. The van der Waals surface area contributed by atoms with Gasteiger partial charge in [-0.2, -0.15) is 10.5 Å². The molecule has 2 spiro atoms. The highest BCUT2D eigenvalue weighted by molar-refractivity contribution is 7.25. The molecular weight excluding hydrogens is 1230 g/mol. The summed E-state index contributed by atoms with van der Waals surface area (Å²) in [6.45, 7) is 0. The van der Waals surface area contributed by atoms with Crippen LogP contribution in [0.5, 0.6) is 0 Å². The molecule has 0 amide bonds. The molecule has 4 aliphatic carbocycles. The minimum absolute atomic E-state index is 0.487. The third kappa shape index (κ3) is 7.47. The smallest absolute Gasteiger partial charge is 0.138 e. The van der Waals surface area contributed by atoms with Crippen molar-refractivity contribution in [2.24, 2.45) is 0 Å². The normalized spacial score (nSPS) is 13.4. The molecule has 0 saturated heterocycles. The van der Waals surface area contributed by atoms with Crippen LogP contribution in [0.3, 0.4) is 0 Å². The van der Waals surface area contributed by atoms with Crippen LogP contribution in [0.1, 0.15) is 55.6 Å². The summed E-state index contributed by atoms with van der Waals surface area (Å²) >= 11 is 3.58. The van der Waals surface area contributed by atoms with Gasteiger partial charge >= 0.3 is 0 Å². The molecule has 22 rings (SSSR count). The van der Waals surface area contributed by atoms with Crippen molar-refractivity contribution in [2.75, 3.05) is 0 Å². The topological polar surface area (TPSA) is 82.2 Å². The Kier molecular flexibility index (Phi) is 11.4. The van der Waals surface area contributed by atoms with E-state index in [1.54, 1.807) is 22.7 Å². The Labute approximate surface area is 571 Å². The van der Waals surface area contributed by atoms with Crippen LogP contribution in [0.15, 0.2) is 304 Å². The first kappa shape index (κ1) is 54.8. The zero-order valence-electron chi connectivity index (χ0n) is 52.4. The predicted molar refractivity (Wildman–Crippen MR) is 400 cm³/mol. The number of hydrogen-bond acceptors (Lipinski definition) is 6. The van der Waals surface area contributed by atoms with Crippen molar-refractivity contribution >= 4 is 74.8 Å². The average molecular weight is 1280 g/mol. The van der Waals surface area contributed by atoms with E-state index >= 15 is 0 Å². The van der Waals surface area contributed by atoms with Gasteiger partial charge in [0.25, 0.3) is 0 Å². The van der Waals surface area contributed by atoms with Crippen molar-refractivity contribution in [3.8, 4) is 101 Å². The van der Waals surface area contributed by atoms with Gasteiger partial charge in [-0.15, -0.1) is 22.7 Å². The molecule has 0 bridgehead atoms. The molecule has 12 aromatic carbocycles. The van der Waals surface area contributed by atoms with Gasteiger partial charge in [-0.05, 0) is 212 Å². The molecule has 0 aliphatic heterocycles. The van der Waals surface area contributed by atoms with Crippen LogP contribution in [-0.2, 0) is 10.8 Å².